The zero-order valence-corrected chi connectivity index (χ0v) is 15.7. The molecule has 1 aliphatic rings. The Morgan fingerprint density at radius 3 is 2.42 bits per heavy atom. The molecule has 1 saturated heterocycles. The molecular weight excluding hydrogens is 326 g/mol. The van der Waals surface area contributed by atoms with Gasteiger partial charge in [-0.3, -0.25) is 9.59 Å². The highest BCUT2D eigenvalue weighted by atomic mass is 16.2. The van der Waals surface area contributed by atoms with E-state index in [4.69, 9.17) is 0 Å². The topological polar surface area (TPSA) is 52.7 Å². The van der Waals surface area contributed by atoms with Gasteiger partial charge in [0.1, 0.15) is 0 Å². The molecule has 5 heteroatoms. The van der Waals surface area contributed by atoms with E-state index < -0.39 is 0 Å². The van der Waals surface area contributed by atoms with Crippen molar-refractivity contribution in [3.63, 3.8) is 0 Å². The number of rotatable bonds is 4. The first kappa shape index (κ1) is 18.0. The van der Waals surface area contributed by atoms with E-state index in [0.29, 0.717) is 6.54 Å². The largest absolute Gasteiger partial charge is 0.378 e. The van der Waals surface area contributed by atoms with Crippen LogP contribution in [0, 0.1) is 19.8 Å². The monoisotopic (exact) mass is 351 g/mol. The van der Waals surface area contributed by atoms with Gasteiger partial charge in [0.2, 0.25) is 11.8 Å². The van der Waals surface area contributed by atoms with Crippen molar-refractivity contribution >= 4 is 28.9 Å². The van der Waals surface area contributed by atoms with Gasteiger partial charge in [0.05, 0.1) is 5.92 Å². The molecule has 26 heavy (non-hydrogen) atoms. The number of carbonyl (C=O) groups is 2. The fourth-order valence-corrected chi connectivity index (χ4v) is 3.31. The Hall–Kier alpha value is -2.82. The van der Waals surface area contributed by atoms with Crippen LogP contribution in [0.3, 0.4) is 0 Å². The average Bonchev–Trinajstić information content (AvgIpc) is 2.97. The van der Waals surface area contributed by atoms with E-state index in [0.717, 1.165) is 28.2 Å². The summed E-state index contributed by atoms with van der Waals surface area (Å²) < 4.78 is 0. The van der Waals surface area contributed by atoms with Crippen LogP contribution >= 0.6 is 0 Å². The van der Waals surface area contributed by atoms with Crippen LogP contribution in [0.4, 0.5) is 17.1 Å². The third kappa shape index (κ3) is 3.72. The SMILES string of the molecule is Cc1ccc(N2CC(C(=O)Nc3ccc(N(C)C)cc3)CC2=O)c(C)c1. The highest BCUT2D eigenvalue weighted by Gasteiger charge is 2.35. The van der Waals surface area contributed by atoms with Gasteiger partial charge in [-0.05, 0) is 49.7 Å². The minimum atomic E-state index is -0.336. The predicted molar refractivity (Wildman–Crippen MR) is 106 cm³/mol. The second-order valence-corrected chi connectivity index (χ2v) is 7.13. The minimum absolute atomic E-state index is 0.0000544. The molecule has 0 aromatic heterocycles. The maximum atomic E-state index is 12.6. The van der Waals surface area contributed by atoms with E-state index >= 15 is 0 Å². The van der Waals surface area contributed by atoms with Gasteiger partial charge in [-0.25, -0.2) is 0 Å². The normalized spacial score (nSPS) is 16.7. The minimum Gasteiger partial charge on any atom is -0.378 e. The van der Waals surface area contributed by atoms with Gasteiger partial charge in [0.25, 0.3) is 0 Å². The van der Waals surface area contributed by atoms with Crippen LogP contribution in [0.25, 0.3) is 0 Å². The van der Waals surface area contributed by atoms with Crippen molar-refractivity contribution in [2.24, 2.45) is 5.92 Å². The Labute approximate surface area is 154 Å². The van der Waals surface area contributed by atoms with Crippen LogP contribution in [0.1, 0.15) is 17.5 Å². The fourth-order valence-electron chi connectivity index (χ4n) is 3.31. The zero-order chi connectivity index (χ0) is 18.8. The summed E-state index contributed by atoms with van der Waals surface area (Å²) in [6.45, 7) is 4.44. The summed E-state index contributed by atoms with van der Waals surface area (Å²) in [4.78, 5) is 28.8. The number of anilines is 3. The van der Waals surface area contributed by atoms with Crippen LogP contribution in [0.15, 0.2) is 42.5 Å². The lowest BCUT2D eigenvalue weighted by molar-refractivity contribution is -0.122. The van der Waals surface area contributed by atoms with Gasteiger partial charge in [-0.2, -0.15) is 0 Å². The third-order valence-corrected chi connectivity index (χ3v) is 4.79. The molecular formula is C21H25N3O2. The zero-order valence-electron chi connectivity index (χ0n) is 15.7. The molecule has 5 nitrogen and oxygen atoms in total. The van der Waals surface area contributed by atoms with Gasteiger partial charge in [0, 0.05) is 44.1 Å². The summed E-state index contributed by atoms with van der Waals surface area (Å²) in [5.41, 5.74) is 4.93. The number of nitrogens with one attached hydrogen (secondary N) is 1. The molecule has 1 unspecified atom stereocenters. The number of hydrogen-bond donors (Lipinski definition) is 1. The van der Waals surface area contributed by atoms with Gasteiger partial charge in [-0.15, -0.1) is 0 Å². The first-order chi connectivity index (χ1) is 12.3. The van der Waals surface area contributed by atoms with Crippen LogP contribution in [-0.2, 0) is 9.59 Å². The molecule has 0 bridgehead atoms. The van der Waals surface area contributed by atoms with Crippen molar-refractivity contribution in [2.45, 2.75) is 20.3 Å². The molecule has 0 aliphatic carbocycles. The quantitative estimate of drug-likeness (QED) is 0.919. The number of hydrogen-bond acceptors (Lipinski definition) is 3. The lowest BCUT2D eigenvalue weighted by Gasteiger charge is -2.19. The van der Waals surface area contributed by atoms with E-state index in [9.17, 15) is 9.59 Å². The van der Waals surface area contributed by atoms with Gasteiger partial charge in [-0.1, -0.05) is 17.7 Å². The Morgan fingerprint density at radius 2 is 1.81 bits per heavy atom. The molecule has 1 heterocycles. The van der Waals surface area contributed by atoms with Crippen LogP contribution in [0.2, 0.25) is 0 Å². The number of carbonyl (C=O) groups excluding carboxylic acids is 2. The molecule has 3 rings (SSSR count). The van der Waals surface area contributed by atoms with Crippen molar-refractivity contribution in [3.05, 3.63) is 53.6 Å². The molecule has 0 spiro atoms. The van der Waals surface area contributed by atoms with Crippen LogP contribution in [0.5, 0.6) is 0 Å². The van der Waals surface area contributed by atoms with Crippen molar-refractivity contribution in [2.75, 3.05) is 35.8 Å². The summed E-state index contributed by atoms with van der Waals surface area (Å²) in [5, 5.41) is 2.93. The molecule has 2 amide bonds. The first-order valence-electron chi connectivity index (χ1n) is 8.81. The lowest BCUT2D eigenvalue weighted by atomic mass is 10.1. The Kier molecular flexibility index (Phi) is 4.98. The van der Waals surface area contributed by atoms with Gasteiger partial charge < -0.3 is 15.1 Å². The summed E-state index contributed by atoms with van der Waals surface area (Å²) in [5.74, 6) is -0.444. The standard InChI is InChI=1S/C21H25N3O2/c1-14-5-10-19(15(2)11-14)24-13-16(12-20(24)25)21(26)22-17-6-8-18(9-7-17)23(3)4/h5-11,16H,12-13H2,1-4H3,(H,22,26). The second kappa shape index (κ2) is 7.20. The Morgan fingerprint density at radius 1 is 1.12 bits per heavy atom. The molecule has 1 atom stereocenters. The maximum absolute atomic E-state index is 12.6. The van der Waals surface area contributed by atoms with E-state index in [1.807, 2.05) is 69.2 Å². The van der Waals surface area contributed by atoms with Crippen LogP contribution in [-0.4, -0.2) is 32.5 Å². The fraction of sp³-hybridized carbons (Fsp3) is 0.333. The molecule has 2 aromatic rings. The summed E-state index contributed by atoms with van der Waals surface area (Å²) >= 11 is 0. The van der Waals surface area contributed by atoms with E-state index in [-0.39, 0.29) is 24.2 Å². The third-order valence-electron chi connectivity index (χ3n) is 4.79. The molecule has 1 N–H and O–H groups in total. The number of benzene rings is 2. The second-order valence-electron chi connectivity index (χ2n) is 7.13. The summed E-state index contributed by atoms with van der Waals surface area (Å²) in [7, 11) is 3.94. The van der Waals surface area contributed by atoms with Gasteiger partial charge >= 0.3 is 0 Å². The molecule has 0 radical (unpaired) electrons. The predicted octanol–water partition coefficient (Wildman–Crippen LogP) is 3.36. The van der Waals surface area contributed by atoms with Crippen molar-refractivity contribution in [1.29, 1.82) is 0 Å². The van der Waals surface area contributed by atoms with E-state index in [1.54, 1.807) is 4.90 Å². The lowest BCUT2D eigenvalue weighted by Crippen LogP contribution is -2.28. The smallest absolute Gasteiger partial charge is 0.229 e. The molecule has 1 aliphatic heterocycles. The van der Waals surface area contributed by atoms with E-state index in [1.165, 1.54) is 0 Å². The number of amides is 2. The summed E-state index contributed by atoms with van der Waals surface area (Å²) in [6.07, 6.45) is 0.245. The van der Waals surface area contributed by atoms with Crippen LogP contribution < -0.4 is 15.1 Å². The molecule has 0 saturated carbocycles. The summed E-state index contributed by atoms with van der Waals surface area (Å²) in [6, 6.07) is 13.7. The molecule has 2 aromatic carbocycles. The van der Waals surface area contributed by atoms with Crippen molar-refractivity contribution in [1.82, 2.24) is 0 Å². The van der Waals surface area contributed by atoms with Gasteiger partial charge in [0.15, 0.2) is 0 Å². The highest BCUT2D eigenvalue weighted by molar-refractivity contribution is 6.03. The van der Waals surface area contributed by atoms with Crippen molar-refractivity contribution in [3.8, 4) is 0 Å². The maximum Gasteiger partial charge on any atom is 0.229 e. The number of nitrogens with zero attached hydrogens (tertiary/aromatic N) is 2. The number of aryl methyl sites for hydroxylation is 2. The average molecular weight is 351 g/mol. The van der Waals surface area contributed by atoms with Crippen molar-refractivity contribution < 1.29 is 9.59 Å². The first-order valence-corrected chi connectivity index (χ1v) is 8.81. The molecule has 136 valence electrons. The highest BCUT2D eigenvalue weighted by Crippen LogP contribution is 2.29. The molecule has 1 fully saturated rings. The Balaban J connectivity index is 1.68. The Bertz CT molecular complexity index is 828. The van der Waals surface area contributed by atoms with E-state index in [2.05, 4.69) is 11.4 Å².